The molecule has 1 N–H and O–H groups in total. The van der Waals surface area contributed by atoms with E-state index in [1.54, 1.807) is 6.33 Å². The molecule has 5 heteroatoms. The van der Waals surface area contributed by atoms with Crippen molar-refractivity contribution >= 4 is 5.82 Å². The second kappa shape index (κ2) is 6.92. The van der Waals surface area contributed by atoms with Crippen LogP contribution in [-0.4, -0.2) is 59.0 Å². The number of nitrogens with one attached hydrogen (secondary N) is 1. The Morgan fingerprint density at radius 3 is 2.68 bits per heavy atom. The molecule has 0 bridgehead atoms. The minimum Gasteiger partial charge on any atom is -0.373 e. The summed E-state index contributed by atoms with van der Waals surface area (Å²) in [5, 5.41) is 3.20. The normalized spacial score (nSPS) is 21.1. The third-order valence-corrected chi connectivity index (χ3v) is 4.97. The molecule has 3 rings (SSSR count). The highest BCUT2D eigenvalue weighted by atomic mass is 15.2. The quantitative estimate of drug-likeness (QED) is 0.921. The summed E-state index contributed by atoms with van der Waals surface area (Å²) in [5.74, 6) is 1.78. The molecule has 0 saturated carbocycles. The van der Waals surface area contributed by atoms with Crippen LogP contribution in [0.3, 0.4) is 0 Å². The van der Waals surface area contributed by atoms with Gasteiger partial charge in [0.25, 0.3) is 0 Å². The molecule has 0 unspecified atom stereocenters. The lowest BCUT2D eigenvalue weighted by Crippen LogP contribution is -2.47. The van der Waals surface area contributed by atoms with E-state index in [-0.39, 0.29) is 0 Å². The lowest BCUT2D eigenvalue weighted by molar-refractivity contribution is 0.0914. The highest BCUT2D eigenvalue weighted by molar-refractivity contribution is 5.46. The lowest BCUT2D eigenvalue weighted by atomic mass is 9.98. The Bertz CT molecular complexity index is 494. The van der Waals surface area contributed by atoms with Gasteiger partial charge in [-0.3, -0.25) is 4.90 Å². The third-order valence-electron chi connectivity index (χ3n) is 4.97. The maximum atomic E-state index is 4.52. The summed E-state index contributed by atoms with van der Waals surface area (Å²) < 4.78 is 0. The first kappa shape index (κ1) is 15.7. The molecule has 0 amide bonds. The Morgan fingerprint density at radius 2 is 2.00 bits per heavy atom. The van der Waals surface area contributed by atoms with E-state index >= 15 is 0 Å². The van der Waals surface area contributed by atoms with Gasteiger partial charge in [0.05, 0.1) is 5.69 Å². The first-order valence-corrected chi connectivity index (χ1v) is 8.64. The number of fused-ring (bicyclic) bond motifs is 1. The largest absolute Gasteiger partial charge is 0.373 e. The number of aromatic nitrogens is 2. The summed E-state index contributed by atoms with van der Waals surface area (Å²) in [7, 11) is 1.94. The van der Waals surface area contributed by atoms with Gasteiger partial charge >= 0.3 is 0 Å². The van der Waals surface area contributed by atoms with Crippen LogP contribution < -0.4 is 5.32 Å². The zero-order valence-electron chi connectivity index (χ0n) is 14.2. The monoisotopic (exact) mass is 303 g/mol. The SMILES string of the molecule is CNc1ncnc2c1CCN(C1CCN(CC(C)C)CC1)C2. The minimum atomic E-state index is 0.726. The topological polar surface area (TPSA) is 44.3 Å². The molecule has 0 spiro atoms. The zero-order chi connectivity index (χ0) is 15.5. The number of likely N-dealkylation sites (tertiary alicyclic amines) is 1. The van der Waals surface area contributed by atoms with Crippen LogP contribution >= 0.6 is 0 Å². The van der Waals surface area contributed by atoms with E-state index in [0.717, 1.165) is 37.3 Å². The molecule has 122 valence electrons. The van der Waals surface area contributed by atoms with Crippen LogP contribution in [0.1, 0.15) is 37.9 Å². The van der Waals surface area contributed by atoms with E-state index in [1.165, 1.54) is 43.7 Å². The van der Waals surface area contributed by atoms with E-state index in [0.29, 0.717) is 0 Å². The highest BCUT2D eigenvalue weighted by Gasteiger charge is 2.28. The van der Waals surface area contributed by atoms with Crippen LogP contribution in [0.25, 0.3) is 0 Å². The molecule has 0 aromatic carbocycles. The first-order chi connectivity index (χ1) is 10.7. The van der Waals surface area contributed by atoms with E-state index in [1.807, 2.05) is 7.05 Å². The van der Waals surface area contributed by atoms with Crippen LogP contribution in [0, 0.1) is 5.92 Å². The van der Waals surface area contributed by atoms with Gasteiger partial charge in [-0.2, -0.15) is 0 Å². The Kier molecular flexibility index (Phi) is 4.93. The minimum absolute atomic E-state index is 0.726. The van der Waals surface area contributed by atoms with Crippen LogP contribution in [0.4, 0.5) is 5.82 Å². The summed E-state index contributed by atoms with van der Waals surface area (Å²) in [6.07, 6.45) is 5.36. The summed E-state index contributed by atoms with van der Waals surface area (Å²) in [6, 6.07) is 0.726. The average molecular weight is 303 g/mol. The molecule has 0 atom stereocenters. The van der Waals surface area contributed by atoms with Gasteiger partial charge in [0.2, 0.25) is 0 Å². The lowest BCUT2D eigenvalue weighted by Gasteiger charge is -2.40. The fraction of sp³-hybridized carbons (Fsp3) is 0.765. The Labute approximate surface area is 134 Å². The van der Waals surface area contributed by atoms with Gasteiger partial charge in [-0.25, -0.2) is 9.97 Å². The number of anilines is 1. The Morgan fingerprint density at radius 1 is 1.23 bits per heavy atom. The standard InChI is InChI=1S/C17H29N5/c1-13(2)10-21-7-4-14(5-8-21)22-9-6-15-16(11-22)19-12-20-17(15)18-3/h12-14H,4-11H2,1-3H3,(H,18,19,20). The van der Waals surface area contributed by atoms with Crippen molar-refractivity contribution in [3.8, 4) is 0 Å². The Balaban J connectivity index is 1.59. The van der Waals surface area contributed by atoms with E-state index in [9.17, 15) is 0 Å². The van der Waals surface area contributed by atoms with Crippen LogP contribution in [-0.2, 0) is 13.0 Å². The molecule has 0 radical (unpaired) electrons. The number of hydrogen-bond acceptors (Lipinski definition) is 5. The van der Waals surface area contributed by atoms with Crippen molar-refractivity contribution in [2.75, 3.05) is 38.5 Å². The van der Waals surface area contributed by atoms with Gasteiger partial charge in [0.1, 0.15) is 12.1 Å². The molecular formula is C17H29N5. The molecule has 3 heterocycles. The zero-order valence-corrected chi connectivity index (χ0v) is 14.2. The van der Waals surface area contributed by atoms with Gasteiger partial charge in [0, 0.05) is 38.3 Å². The smallest absolute Gasteiger partial charge is 0.132 e. The second-order valence-electron chi connectivity index (χ2n) is 7.04. The van der Waals surface area contributed by atoms with Crippen molar-refractivity contribution in [3.05, 3.63) is 17.6 Å². The van der Waals surface area contributed by atoms with E-state index in [2.05, 4.69) is 38.9 Å². The maximum Gasteiger partial charge on any atom is 0.132 e. The fourth-order valence-electron chi connectivity index (χ4n) is 3.89. The summed E-state index contributed by atoms with van der Waals surface area (Å²) >= 11 is 0. The molecule has 0 aliphatic carbocycles. The van der Waals surface area contributed by atoms with Crippen molar-refractivity contribution in [1.82, 2.24) is 19.8 Å². The number of hydrogen-bond donors (Lipinski definition) is 1. The molecule has 1 aromatic rings. The van der Waals surface area contributed by atoms with E-state index in [4.69, 9.17) is 0 Å². The van der Waals surface area contributed by atoms with Crippen molar-refractivity contribution in [1.29, 1.82) is 0 Å². The summed E-state index contributed by atoms with van der Waals surface area (Å²) in [5.41, 5.74) is 2.54. The van der Waals surface area contributed by atoms with Crippen molar-refractivity contribution in [3.63, 3.8) is 0 Å². The second-order valence-corrected chi connectivity index (χ2v) is 7.04. The van der Waals surface area contributed by atoms with E-state index < -0.39 is 0 Å². The fourth-order valence-corrected chi connectivity index (χ4v) is 3.89. The number of nitrogens with zero attached hydrogens (tertiary/aromatic N) is 4. The predicted molar refractivity (Wildman–Crippen MR) is 90.0 cm³/mol. The molecule has 1 fully saturated rings. The molecular weight excluding hydrogens is 274 g/mol. The first-order valence-electron chi connectivity index (χ1n) is 8.64. The maximum absolute atomic E-state index is 4.52. The average Bonchev–Trinajstić information content (AvgIpc) is 2.54. The molecule has 1 aromatic heterocycles. The molecule has 1 saturated heterocycles. The summed E-state index contributed by atoms with van der Waals surface area (Å²) in [6.45, 7) is 10.5. The van der Waals surface area contributed by atoms with Crippen LogP contribution in [0.15, 0.2) is 6.33 Å². The molecule has 5 nitrogen and oxygen atoms in total. The van der Waals surface area contributed by atoms with Crippen LogP contribution in [0.2, 0.25) is 0 Å². The molecule has 2 aliphatic rings. The van der Waals surface area contributed by atoms with Gasteiger partial charge < -0.3 is 10.2 Å². The Hall–Kier alpha value is -1.20. The van der Waals surface area contributed by atoms with Gasteiger partial charge in [-0.1, -0.05) is 13.8 Å². The van der Waals surface area contributed by atoms with Crippen LogP contribution in [0.5, 0.6) is 0 Å². The van der Waals surface area contributed by atoms with Crippen molar-refractivity contribution in [2.45, 2.75) is 45.7 Å². The van der Waals surface area contributed by atoms with Crippen molar-refractivity contribution in [2.24, 2.45) is 5.92 Å². The third kappa shape index (κ3) is 3.41. The predicted octanol–water partition coefficient (Wildman–Crippen LogP) is 2.00. The number of piperidine rings is 1. The number of rotatable bonds is 4. The van der Waals surface area contributed by atoms with Gasteiger partial charge in [-0.05, 0) is 38.3 Å². The molecule has 2 aliphatic heterocycles. The summed E-state index contributed by atoms with van der Waals surface area (Å²) in [4.78, 5) is 14.1. The molecule has 22 heavy (non-hydrogen) atoms. The van der Waals surface area contributed by atoms with Gasteiger partial charge in [0.15, 0.2) is 0 Å². The van der Waals surface area contributed by atoms with Crippen molar-refractivity contribution < 1.29 is 0 Å². The highest BCUT2D eigenvalue weighted by Crippen LogP contribution is 2.26. The van der Waals surface area contributed by atoms with Gasteiger partial charge in [-0.15, -0.1) is 0 Å².